The van der Waals surface area contributed by atoms with Crippen LogP contribution >= 0.6 is 23.2 Å². The van der Waals surface area contributed by atoms with Gasteiger partial charge in [-0.15, -0.1) is 0 Å². The lowest BCUT2D eigenvalue weighted by atomic mass is 10.0. The first-order valence-electron chi connectivity index (χ1n) is 10.2. The van der Waals surface area contributed by atoms with Crippen molar-refractivity contribution in [3.05, 3.63) is 81.8 Å². The van der Waals surface area contributed by atoms with Gasteiger partial charge in [-0.1, -0.05) is 73.4 Å². The van der Waals surface area contributed by atoms with Gasteiger partial charge >= 0.3 is 6.03 Å². The van der Waals surface area contributed by atoms with Crippen LogP contribution in [0, 0.1) is 0 Å². The summed E-state index contributed by atoms with van der Waals surface area (Å²) >= 11 is 12.7. The first-order valence-corrected chi connectivity index (χ1v) is 10.9. The van der Waals surface area contributed by atoms with Crippen molar-refractivity contribution in [2.75, 3.05) is 10.6 Å². The number of anilines is 2. The molecule has 2 amide bonds. The maximum absolute atomic E-state index is 13.0. The second kappa shape index (κ2) is 9.04. The SMILES string of the molecule is CCc1cccc(CC)c1NC(=O)Nc1oc2ccc(Cl)cc2c1-c1ccccc1Cl. The van der Waals surface area contributed by atoms with Crippen molar-refractivity contribution in [3.8, 4) is 11.1 Å². The Morgan fingerprint density at radius 1 is 0.903 bits per heavy atom. The van der Waals surface area contributed by atoms with E-state index in [0.717, 1.165) is 40.6 Å². The molecular weight excluding hydrogens is 431 g/mol. The Bertz CT molecular complexity index is 1240. The van der Waals surface area contributed by atoms with Crippen molar-refractivity contribution in [3.63, 3.8) is 0 Å². The number of fused-ring (bicyclic) bond motifs is 1. The van der Waals surface area contributed by atoms with Gasteiger partial charge in [0.25, 0.3) is 0 Å². The lowest BCUT2D eigenvalue weighted by Crippen LogP contribution is -2.21. The third-order valence-electron chi connectivity index (χ3n) is 5.26. The van der Waals surface area contributed by atoms with Crippen molar-refractivity contribution in [1.82, 2.24) is 0 Å². The van der Waals surface area contributed by atoms with Gasteiger partial charge in [0.2, 0.25) is 5.88 Å². The normalized spacial score (nSPS) is 11.0. The molecule has 0 spiro atoms. The van der Waals surface area contributed by atoms with Gasteiger partial charge in [-0.3, -0.25) is 5.32 Å². The first-order chi connectivity index (χ1) is 15.0. The van der Waals surface area contributed by atoms with E-state index in [9.17, 15) is 4.79 Å². The second-order valence-corrected chi connectivity index (χ2v) is 8.01. The highest BCUT2D eigenvalue weighted by Crippen LogP contribution is 2.42. The van der Waals surface area contributed by atoms with Gasteiger partial charge in [-0.05, 0) is 48.2 Å². The van der Waals surface area contributed by atoms with E-state index in [-0.39, 0.29) is 6.03 Å². The van der Waals surface area contributed by atoms with Crippen LogP contribution in [0.25, 0.3) is 22.1 Å². The van der Waals surface area contributed by atoms with Gasteiger partial charge < -0.3 is 9.73 Å². The number of hydrogen-bond donors (Lipinski definition) is 2. The molecule has 0 unspecified atom stereocenters. The standard InChI is InChI=1S/C25H22Cl2N2O2/c1-3-15-8-7-9-16(4-2)23(15)28-25(30)29-24-22(18-10-5-6-11-20(18)27)19-14-17(26)12-13-21(19)31-24/h5-14H,3-4H2,1-2H3,(H2,28,29,30). The Hall–Kier alpha value is -2.95. The van der Waals surface area contributed by atoms with Gasteiger partial charge in [0.05, 0.1) is 5.56 Å². The number of para-hydroxylation sites is 1. The molecule has 1 aromatic heterocycles. The Balaban J connectivity index is 1.75. The van der Waals surface area contributed by atoms with Gasteiger partial charge in [-0.25, -0.2) is 4.79 Å². The molecule has 3 aromatic carbocycles. The van der Waals surface area contributed by atoms with E-state index in [1.807, 2.05) is 42.5 Å². The number of urea groups is 1. The van der Waals surface area contributed by atoms with E-state index in [1.54, 1.807) is 18.2 Å². The molecule has 0 aliphatic heterocycles. The van der Waals surface area contributed by atoms with E-state index >= 15 is 0 Å². The fourth-order valence-corrected chi connectivity index (χ4v) is 4.14. The number of carbonyl (C=O) groups excluding carboxylic acids is 1. The Morgan fingerprint density at radius 3 is 2.29 bits per heavy atom. The average Bonchev–Trinajstić information content (AvgIpc) is 3.10. The number of aryl methyl sites for hydroxylation is 2. The molecule has 4 rings (SSSR count). The number of amides is 2. The third kappa shape index (κ3) is 4.27. The van der Waals surface area contributed by atoms with Crippen LogP contribution < -0.4 is 10.6 Å². The van der Waals surface area contributed by atoms with Crippen molar-refractivity contribution >= 4 is 51.8 Å². The van der Waals surface area contributed by atoms with Crippen LogP contribution in [0.15, 0.2) is 65.1 Å². The number of halogens is 2. The number of carbonyl (C=O) groups is 1. The molecule has 6 heteroatoms. The molecule has 0 saturated carbocycles. The van der Waals surface area contributed by atoms with Crippen molar-refractivity contribution in [2.45, 2.75) is 26.7 Å². The van der Waals surface area contributed by atoms with Gasteiger partial charge in [-0.2, -0.15) is 0 Å². The number of rotatable bonds is 5. The van der Waals surface area contributed by atoms with Crippen LogP contribution in [-0.2, 0) is 12.8 Å². The van der Waals surface area contributed by atoms with Gasteiger partial charge in [0.1, 0.15) is 5.58 Å². The van der Waals surface area contributed by atoms with Gasteiger partial charge in [0, 0.05) is 26.7 Å². The van der Waals surface area contributed by atoms with Crippen LogP contribution in [0.4, 0.5) is 16.4 Å². The summed E-state index contributed by atoms with van der Waals surface area (Å²) in [4.78, 5) is 13.0. The second-order valence-electron chi connectivity index (χ2n) is 7.16. The van der Waals surface area contributed by atoms with Crippen molar-refractivity contribution < 1.29 is 9.21 Å². The largest absolute Gasteiger partial charge is 0.440 e. The molecule has 0 bridgehead atoms. The highest BCUT2D eigenvalue weighted by atomic mass is 35.5. The predicted molar refractivity (Wildman–Crippen MR) is 130 cm³/mol. The zero-order valence-electron chi connectivity index (χ0n) is 17.3. The summed E-state index contributed by atoms with van der Waals surface area (Å²) in [6.07, 6.45) is 1.63. The molecule has 0 aliphatic carbocycles. The molecule has 0 radical (unpaired) electrons. The number of benzene rings is 3. The lowest BCUT2D eigenvalue weighted by molar-refractivity contribution is 0.261. The van der Waals surface area contributed by atoms with Crippen molar-refractivity contribution in [1.29, 1.82) is 0 Å². The molecule has 0 saturated heterocycles. The topological polar surface area (TPSA) is 54.3 Å². The molecule has 0 atom stereocenters. The van der Waals surface area contributed by atoms with E-state index in [2.05, 4.69) is 24.5 Å². The minimum absolute atomic E-state index is 0.315. The van der Waals surface area contributed by atoms with E-state index < -0.39 is 0 Å². The zero-order valence-corrected chi connectivity index (χ0v) is 18.8. The molecule has 4 nitrogen and oxygen atoms in total. The van der Waals surface area contributed by atoms with Gasteiger partial charge in [0.15, 0.2) is 0 Å². The molecule has 1 heterocycles. The summed E-state index contributed by atoms with van der Waals surface area (Å²) in [5.74, 6) is 0.315. The van der Waals surface area contributed by atoms with Crippen LogP contribution in [0.5, 0.6) is 0 Å². The maximum Gasteiger partial charge on any atom is 0.326 e. The predicted octanol–water partition coefficient (Wildman–Crippen LogP) is 8.18. The Labute approximate surface area is 191 Å². The molecular formula is C25H22Cl2N2O2. The monoisotopic (exact) mass is 452 g/mol. The highest BCUT2D eigenvalue weighted by molar-refractivity contribution is 6.34. The molecule has 2 N–H and O–H groups in total. The minimum Gasteiger partial charge on any atom is -0.440 e. The summed E-state index contributed by atoms with van der Waals surface area (Å²) < 4.78 is 6.00. The van der Waals surface area contributed by atoms with Crippen molar-refractivity contribution in [2.24, 2.45) is 0 Å². The number of nitrogens with one attached hydrogen (secondary N) is 2. The van der Waals surface area contributed by atoms with Crippen LogP contribution in [-0.4, -0.2) is 6.03 Å². The van der Waals surface area contributed by atoms with E-state index in [0.29, 0.717) is 27.1 Å². The van der Waals surface area contributed by atoms with Crippen LogP contribution in [0.2, 0.25) is 10.0 Å². The molecule has 31 heavy (non-hydrogen) atoms. The summed E-state index contributed by atoms with van der Waals surface area (Å²) in [6, 6.07) is 18.4. The first kappa shape index (κ1) is 21.3. The number of hydrogen-bond acceptors (Lipinski definition) is 2. The third-order valence-corrected chi connectivity index (χ3v) is 5.82. The molecule has 0 fully saturated rings. The molecule has 158 valence electrons. The zero-order chi connectivity index (χ0) is 22.0. The molecule has 0 aliphatic rings. The fourth-order valence-electron chi connectivity index (χ4n) is 3.74. The van der Waals surface area contributed by atoms with Crippen LogP contribution in [0.3, 0.4) is 0 Å². The highest BCUT2D eigenvalue weighted by Gasteiger charge is 2.21. The maximum atomic E-state index is 13.0. The minimum atomic E-state index is -0.381. The fraction of sp³-hybridized carbons (Fsp3) is 0.160. The smallest absolute Gasteiger partial charge is 0.326 e. The Morgan fingerprint density at radius 2 is 1.61 bits per heavy atom. The number of furan rings is 1. The summed E-state index contributed by atoms with van der Waals surface area (Å²) in [7, 11) is 0. The lowest BCUT2D eigenvalue weighted by Gasteiger charge is -2.15. The quantitative estimate of drug-likeness (QED) is 0.320. The summed E-state index contributed by atoms with van der Waals surface area (Å²) in [5.41, 5.74) is 5.05. The molecule has 4 aromatic rings. The van der Waals surface area contributed by atoms with E-state index in [1.165, 1.54) is 0 Å². The van der Waals surface area contributed by atoms with Crippen LogP contribution in [0.1, 0.15) is 25.0 Å². The Kier molecular flexibility index (Phi) is 6.21. The summed E-state index contributed by atoms with van der Waals surface area (Å²) in [6.45, 7) is 4.13. The average molecular weight is 453 g/mol. The van der Waals surface area contributed by atoms with E-state index in [4.69, 9.17) is 27.6 Å². The summed E-state index contributed by atoms with van der Waals surface area (Å²) in [5, 5.41) is 7.79.